The monoisotopic (exact) mass is 365 g/mol. The topological polar surface area (TPSA) is 70.2 Å². The zero-order valence-corrected chi connectivity index (χ0v) is 16.3. The molecule has 0 bridgehead atoms. The molecule has 0 unspecified atom stereocenters. The Morgan fingerprint density at radius 2 is 1.65 bits per heavy atom. The maximum absolute atomic E-state index is 12.9. The van der Waals surface area contributed by atoms with Crippen molar-refractivity contribution in [3.63, 3.8) is 0 Å². The Hall–Kier alpha value is -2.11. The molecule has 0 spiro atoms. The Kier molecular flexibility index (Phi) is 9.70. The molecule has 0 saturated heterocycles. The number of hydrogen-bond donors (Lipinski definition) is 3. The van der Waals surface area contributed by atoms with Crippen molar-refractivity contribution >= 4 is 11.9 Å². The molecule has 3 amide bonds. The summed E-state index contributed by atoms with van der Waals surface area (Å²) in [7, 11) is 0. The van der Waals surface area contributed by atoms with E-state index in [1.54, 1.807) is 12.1 Å². The fraction of sp³-hybridized carbons (Fsp3) is 0.600. The van der Waals surface area contributed by atoms with Crippen molar-refractivity contribution in [3.8, 4) is 0 Å². The second kappa shape index (κ2) is 11.5. The Balaban J connectivity index is 2.47. The molecular formula is C20H32FN3O2. The van der Waals surface area contributed by atoms with Gasteiger partial charge in [-0.25, -0.2) is 9.18 Å². The van der Waals surface area contributed by atoms with Gasteiger partial charge in [0.05, 0.1) is 0 Å². The minimum absolute atomic E-state index is 0.0772. The van der Waals surface area contributed by atoms with Crippen LogP contribution in [0.25, 0.3) is 0 Å². The number of hydrogen-bond acceptors (Lipinski definition) is 2. The summed E-state index contributed by atoms with van der Waals surface area (Å²) >= 11 is 0. The van der Waals surface area contributed by atoms with E-state index in [0.29, 0.717) is 12.3 Å². The van der Waals surface area contributed by atoms with Crippen molar-refractivity contribution < 1.29 is 14.0 Å². The molecule has 5 nitrogen and oxygen atoms in total. The summed E-state index contributed by atoms with van der Waals surface area (Å²) in [6, 6.07) is 5.03. The van der Waals surface area contributed by atoms with Gasteiger partial charge in [0, 0.05) is 12.6 Å². The third-order valence-electron chi connectivity index (χ3n) is 4.13. The van der Waals surface area contributed by atoms with Crippen LogP contribution >= 0.6 is 0 Å². The summed E-state index contributed by atoms with van der Waals surface area (Å²) < 4.78 is 12.9. The average molecular weight is 365 g/mol. The van der Waals surface area contributed by atoms with Crippen LogP contribution in [0.15, 0.2) is 24.3 Å². The maximum Gasteiger partial charge on any atom is 0.315 e. The highest BCUT2D eigenvalue weighted by Crippen LogP contribution is 2.07. The highest BCUT2D eigenvalue weighted by atomic mass is 19.1. The second-order valence-electron chi connectivity index (χ2n) is 7.18. The van der Waals surface area contributed by atoms with Crippen molar-refractivity contribution in [2.24, 2.45) is 5.92 Å². The van der Waals surface area contributed by atoms with Gasteiger partial charge in [-0.2, -0.15) is 0 Å². The molecule has 0 aromatic heterocycles. The van der Waals surface area contributed by atoms with E-state index < -0.39 is 12.1 Å². The molecule has 0 fully saturated rings. The lowest BCUT2D eigenvalue weighted by molar-refractivity contribution is -0.123. The van der Waals surface area contributed by atoms with E-state index >= 15 is 0 Å². The molecule has 3 N–H and O–H groups in total. The van der Waals surface area contributed by atoms with Crippen molar-refractivity contribution in [3.05, 3.63) is 35.6 Å². The molecule has 0 heterocycles. The Labute approximate surface area is 156 Å². The van der Waals surface area contributed by atoms with Gasteiger partial charge in [0.2, 0.25) is 5.91 Å². The first-order chi connectivity index (χ1) is 12.3. The highest BCUT2D eigenvalue weighted by molar-refractivity contribution is 5.87. The normalized spacial score (nSPS) is 13.2. The summed E-state index contributed by atoms with van der Waals surface area (Å²) in [4.78, 5) is 24.5. The highest BCUT2D eigenvalue weighted by Gasteiger charge is 2.21. The van der Waals surface area contributed by atoms with Gasteiger partial charge in [-0.1, -0.05) is 39.3 Å². The molecule has 0 radical (unpaired) electrons. The average Bonchev–Trinajstić information content (AvgIpc) is 2.59. The first-order valence-corrected chi connectivity index (χ1v) is 9.41. The summed E-state index contributed by atoms with van der Waals surface area (Å²) in [5, 5.41) is 8.42. The van der Waals surface area contributed by atoms with E-state index in [4.69, 9.17) is 0 Å². The number of amides is 3. The van der Waals surface area contributed by atoms with E-state index in [0.717, 1.165) is 24.8 Å². The van der Waals surface area contributed by atoms with E-state index in [2.05, 4.69) is 29.8 Å². The second-order valence-corrected chi connectivity index (χ2v) is 7.18. The van der Waals surface area contributed by atoms with Crippen LogP contribution in [0.1, 0.15) is 58.9 Å². The first kappa shape index (κ1) is 21.9. The van der Waals surface area contributed by atoms with Gasteiger partial charge in [0.15, 0.2) is 0 Å². The summed E-state index contributed by atoms with van der Waals surface area (Å²) in [6.07, 6.45) is 3.33. The van der Waals surface area contributed by atoms with Crippen molar-refractivity contribution in [2.45, 2.75) is 72.0 Å². The van der Waals surface area contributed by atoms with E-state index in [-0.39, 0.29) is 24.3 Å². The van der Waals surface area contributed by atoms with Crippen LogP contribution in [0.3, 0.4) is 0 Å². The van der Waals surface area contributed by atoms with Crippen LogP contribution in [-0.2, 0) is 11.3 Å². The lowest BCUT2D eigenvalue weighted by Crippen LogP contribution is -2.51. The SMILES string of the molecule is CCC[C@H](NC(=O)NCc1ccc(F)cc1)C(=O)N[C@H](C)CCC(C)C. The fourth-order valence-corrected chi connectivity index (χ4v) is 2.55. The molecule has 6 heteroatoms. The van der Waals surface area contributed by atoms with Gasteiger partial charge in [0.1, 0.15) is 11.9 Å². The fourth-order valence-electron chi connectivity index (χ4n) is 2.55. The number of halogens is 1. The van der Waals surface area contributed by atoms with Gasteiger partial charge < -0.3 is 16.0 Å². The zero-order valence-electron chi connectivity index (χ0n) is 16.3. The van der Waals surface area contributed by atoms with E-state index in [9.17, 15) is 14.0 Å². The van der Waals surface area contributed by atoms with Crippen molar-refractivity contribution in [2.75, 3.05) is 0 Å². The third-order valence-corrected chi connectivity index (χ3v) is 4.13. The quantitative estimate of drug-likeness (QED) is 0.591. The first-order valence-electron chi connectivity index (χ1n) is 9.41. The summed E-state index contributed by atoms with van der Waals surface area (Å²) in [6.45, 7) is 8.54. The molecule has 0 aliphatic carbocycles. The van der Waals surface area contributed by atoms with Gasteiger partial charge in [-0.05, 0) is 49.8 Å². The standard InChI is InChI=1S/C20H32FN3O2/c1-5-6-18(19(25)23-15(4)8-7-14(2)3)24-20(26)22-13-16-9-11-17(21)12-10-16/h9-12,14-15,18H,5-8,13H2,1-4H3,(H,23,25)(H2,22,24,26)/t15-,18+/m1/s1. The molecule has 0 saturated carbocycles. The van der Waals surface area contributed by atoms with Crippen LogP contribution in [0, 0.1) is 11.7 Å². The lowest BCUT2D eigenvalue weighted by Gasteiger charge is -2.21. The Morgan fingerprint density at radius 1 is 1.00 bits per heavy atom. The molecule has 146 valence electrons. The predicted octanol–water partition coefficient (Wildman–Crippen LogP) is 3.73. The molecular weight excluding hydrogens is 333 g/mol. The summed E-state index contributed by atoms with van der Waals surface area (Å²) in [5.74, 6) is 0.126. The van der Waals surface area contributed by atoms with Gasteiger partial charge >= 0.3 is 6.03 Å². The minimum Gasteiger partial charge on any atom is -0.352 e. The van der Waals surface area contributed by atoms with Crippen LogP contribution in [-0.4, -0.2) is 24.0 Å². The molecule has 1 aromatic rings. The van der Waals surface area contributed by atoms with Crippen LogP contribution in [0.2, 0.25) is 0 Å². The van der Waals surface area contributed by atoms with Gasteiger partial charge in [-0.15, -0.1) is 0 Å². The van der Waals surface area contributed by atoms with Crippen molar-refractivity contribution in [1.29, 1.82) is 0 Å². The Morgan fingerprint density at radius 3 is 2.23 bits per heavy atom. The molecule has 1 aromatic carbocycles. The predicted molar refractivity (Wildman–Crippen MR) is 102 cm³/mol. The molecule has 26 heavy (non-hydrogen) atoms. The van der Waals surface area contributed by atoms with E-state index in [1.807, 2.05) is 13.8 Å². The van der Waals surface area contributed by atoms with Gasteiger partial charge in [0.25, 0.3) is 0 Å². The van der Waals surface area contributed by atoms with E-state index in [1.165, 1.54) is 12.1 Å². The number of rotatable bonds is 10. The number of carbonyl (C=O) groups is 2. The molecule has 1 rings (SSSR count). The maximum atomic E-state index is 12.9. The molecule has 2 atom stereocenters. The number of urea groups is 1. The summed E-state index contributed by atoms with van der Waals surface area (Å²) in [5.41, 5.74) is 0.792. The van der Waals surface area contributed by atoms with Crippen LogP contribution in [0.5, 0.6) is 0 Å². The Bertz CT molecular complexity index is 561. The van der Waals surface area contributed by atoms with Crippen molar-refractivity contribution in [1.82, 2.24) is 16.0 Å². The number of nitrogens with one attached hydrogen (secondary N) is 3. The number of benzene rings is 1. The van der Waals surface area contributed by atoms with Gasteiger partial charge in [-0.3, -0.25) is 4.79 Å². The van der Waals surface area contributed by atoms with Crippen LogP contribution < -0.4 is 16.0 Å². The lowest BCUT2D eigenvalue weighted by atomic mass is 10.0. The third kappa shape index (κ3) is 8.83. The zero-order chi connectivity index (χ0) is 19.5. The largest absolute Gasteiger partial charge is 0.352 e. The molecule has 0 aliphatic rings. The molecule has 0 aliphatic heterocycles. The smallest absolute Gasteiger partial charge is 0.315 e. The van der Waals surface area contributed by atoms with Crippen LogP contribution in [0.4, 0.5) is 9.18 Å². The number of carbonyl (C=O) groups excluding carboxylic acids is 2. The minimum atomic E-state index is -0.560.